The Morgan fingerprint density at radius 1 is 1.38 bits per heavy atom. The predicted molar refractivity (Wildman–Crippen MR) is 72.9 cm³/mol. The van der Waals surface area contributed by atoms with E-state index in [2.05, 4.69) is 27.0 Å². The molecule has 0 bridgehead atoms. The van der Waals surface area contributed by atoms with Gasteiger partial charge in [0.05, 0.1) is 0 Å². The summed E-state index contributed by atoms with van der Waals surface area (Å²) in [5.74, 6) is 2.69. The van der Waals surface area contributed by atoms with Gasteiger partial charge in [-0.05, 0) is 49.0 Å². The van der Waals surface area contributed by atoms with Crippen molar-refractivity contribution in [1.29, 1.82) is 0 Å². The predicted octanol–water partition coefficient (Wildman–Crippen LogP) is 4.16. The Kier molecular flexibility index (Phi) is 5.36. The first kappa shape index (κ1) is 14.1. The van der Waals surface area contributed by atoms with E-state index in [0.717, 1.165) is 12.8 Å². The fraction of sp³-hybridized carbons (Fsp3) is 0.929. The van der Waals surface area contributed by atoms with Crippen LogP contribution in [0, 0.1) is 17.3 Å². The van der Waals surface area contributed by atoms with Crippen molar-refractivity contribution >= 4 is 17.5 Å². The summed E-state index contributed by atoms with van der Waals surface area (Å²) in [4.78, 5) is 12.1. The number of hydrogen-bond acceptors (Lipinski definition) is 2. The zero-order chi connectivity index (χ0) is 12.2. The van der Waals surface area contributed by atoms with Crippen molar-refractivity contribution in [3.63, 3.8) is 0 Å². The van der Waals surface area contributed by atoms with Gasteiger partial charge in [0.15, 0.2) is 0 Å². The van der Waals surface area contributed by atoms with Crippen LogP contribution in [-0.2, 0) is 4.79 Å². The van der Waals surface area contributed by atoms with Gasteiger partial charge in [-0.2, -0.15) is 11.8 Å². The second-order valence-corrected chi connectivity index (χ2v) is 6.98. The summed E-state index contributed by atoms with van der Waals surface area (Å²) >= 11 is 1.91. The third-order valence-electron chi connectivity index (χ3n) is 4.00. The fourth-order valence-electron chi connectivity index (χ4n) is 2.87. The Labute approximate surface area is 105 Å². The van der Waals surface area contributed by atoms with Crippen LogP contribution in [0.25, 0.3) is 0 Å². The monoisotopic (exact) mass is 242 g/mol. The minimum Gasteiger partial charge on any atom is -0.299 e. The van der Waals surface area contributed by atoms with E-state index in [1.807, 2.05) is 11.8 Å². The molecule has 2 unspecified atom stereocenters. The molecule has 1 nitrogen and oxygen atoms in total. The Hall–Kier alpha value is 0.0200. The molecular formula is C14H26OS. The summed E-state index contributed by atoms with van der Waals surface area (Å²) in [6, 6.07) is 0. The Morgan fingerprint density at radius 2 is 2.06 bits per heavy atom. The van der Waals surface area contributed by atoms with Gasteiger partial charge in [-0.15, -0.1) is 0 Å². The van der Waals surface area contributed by atoms with Crippen molar-refractivity contribution in [2.24, 2.45) is 17.3 Å². The number of ketones is 1. The van der Waals surface area contributed by atoms with Crippen molar-refractivity contribution in [3.8, 4) is 0 Å². The highest BCUT2D eigenvalue weighted by Gasteiger charge is 2.37. The molecule has 1 saturated carbocycles. The number of carbonyl (C=O) groups excluding carboxylic acids is 1. The molecule has 0 aromatic carbocycles. The molecule has 16 heavy (non-hydrogen) atoms. The van der Waals surface area contributed by atoms with Crippen LogP contribution in [0.15, 0.2) is 0 Å². The van der Waals surface area contributed by atoms with E-state index in [1.165, 1.54) is 25.0 Å². The lowest BCUT2D eigenvalue weighted by Crippen LogP contribution is -2.35. The van der Waals surface area contributed by atoms with Gasteiger partial charge in [0, 0.05) is 12.3 Å². The summed E-state index contributed by atoms with van der Waals surface area (Å²) in [7, 11) is 0. The fourth-order valence-corrected chi connectivity index (χ4v) is 3.31. The summed E-state index contributed by atoms with van der Waals surface area (Å²) in [5.41, 5.74) is 0.215. The largest absolute Gasteiger partial charge is 0.299 e. The molecule has 2 atom stereocenters. The first-order valence-electron chi connectivity index (χ1n) is 6.49. The zero-order valence-electron chi connectivity index (χ0n) is 11.2. The summed E-state index contributed by atoms with van der Waals surface area (Å²) in [6.07, 6.45) is 7.76. The van der Waals surface area contributed by atoms with Gasteiger partial charge in [-0.1, -0.05) is 20.8 Å². The van der Waals surface area contributed by atoms with E-state index in [1.54, 1.807) is 0 Å². The average Bonchev–Trinajstić information content (AvgIpc) is 2.17. The molecule has 0 aromatic heterocycles. The molecule has 2 heteroatoms. The molecule has 0 amide bonds. The van der Waals surface area contributed by atoms with E-state index >= 15 is 0 Å². The minimum atomic E-state index is 0.215. The third kappa shape index (κ3) is 3.80. The number of rotatable bonds is 5. The molecule has 0 spiro atoms. The number of Topliss-reactive ketones (excluding diaryl/α,β-unsaturated/α-hetero) is 1. The quantitative estimate of drug-likeness (QED) is 0.673. The van der Waals surface area contributed by atoms with Gasteiger partial charge in [0.1, 0.15) is 5.78 Å². The van der Waals surface area contributed by atoms with Gasteiger partial charge in [0.2, 0.25) is 0 Å². The third-order valence-corrected chi connectivity index (χ3v) is 4.70. The summed E-state index contributed by atoms with van der Waals surface area (Å²) in [6.45, 7) is 6.77. The lowest BCUT2D eigenvalue weighted by atomic mass is 9.66. The molecule has 0 heterocycles. The molecule has 1 fully saturated rings. The van der Waals surface area contributed by atoms with E-state index in [9.17, 15) is 4.79 Å². The topological polar surface area (TPSA) is 17.1 Å². The van der Waals surface area contributed by atoms with E-state index < -0.39 is 0 Å². The SMILES string of the molecule is CSCCCC(C)(C)C1CCC(C)CC1=O. The summed E-state index contributed by atoms with van der Waals surface area (Å²) < 4.78 is 0. The van der Waals surface area contributed by atoms with Gasteiger partial charge >= 0.3 is 0 Å². The smallest absolute Gasteiger partial charge is 0.136 e. The number of hydrogen-bond donors (Lipinski definition) is 0. The van der Waals surface area contributed by atoms with Crippen molar-refractivity contribution < 1.29 is 4.79 Å². The summed E-state index contributed by atoms with van der Waals surface area (Å²) in [5, 5.41) is 0. The lowest BCUT2D eigenvalue weighted by Gasteiger charge is -2.37. The molecule has 94 valence electrons. The minimum absolute atomic E-state index is 0.215. The highest BCUT2D eigenvalue weighted by molar-refractivity contribution is 7.98. The highest BCUT2D eigenvalue weighted by Crippen LogP contribution is 2.40. The lowest BCUT2D eigenvalue weighted by molar-refractivity contribution is -0.130. The Morgan fingerprint density at radius 3 is 2.62 bits per heavy atom. The van der Waals surface area contributed by atoms with Gasteiger partial charge in [0.25, 0.3) is 0 Å². The maximum Gasteiger partial charge on any atom is 0.136 e. The van der Waals surface area contributed by atoms with Crippen molar-refractivity contribution in [2.45, 2.75) is 52.9 Å². The van der Waals surface area contributed by atoms with Crippen molar-refractivity contribution in [1.82, 2.24) is 0 Å². The molecule has 0 saturated heterocycles. The van der Waals surface area contributed by atoms with Gasteiger partial charge in [-0.3, -0.25) is 4.79 Å². The Balaban J connectivity index is 2.50. The van der Waals surface area contributed by atoms with Crippen LogP contribution in [0.2, 0.25) is 0 Å². The molecule has 0 N–H and O–H groups in total. The van der Waals surface area contributed by atoms with Crippen LogP contribution in [0.1, 0.15) is 52.9 Å². The first-order chi connectivity index (χ1) is 7.47. The molecule has 0 aliphatic heterocycles. The normalized spacial score (nSPS) is 27.1. The average molecular weight is 242 g/mol. The van der Waals surface area contributed by atoms with Crippen LogP contribution in [0.4, 0.5) is 0 Å². The highest BCUT2D eigenvalue weighted by atomic mass is 32.2. The zero-order valence-corrected chi connectivity index (χ0v) is 12.0. The molecule has 0 radical (unpaired) electrons. The standard InChI is InChI=1S/C14H26OS/c1-11-6-7-12(13(15)10-11)14(2,3)8-5-9-16-4/h11-12H,5-10H2,1-4H3. The van der Waals surface area contributed by atoms with Crippen LogP contribution in [0.3, 0.4) is 0 Å². The van der Waals surface area contributed by atoms with E-state index in [4.69, 9.17) is 0 Å². The van der Waals surface area contributed by atoms with Crippen LogP contribution < -0.4 is 0 Å². The van der Waals surface area contributed by atoms with Crippen LogP contribution in [-0.4, -0.2) is 17.8 Å². The number of carbonyl (C=O) groups is 1. The van der Waals surface area contributed by atoms with Crippen molar-refractivity contribution in [2.75, 3.05) is 12.0 Å². The van der Waals surface area contributed by atoms with Crippen molar-refractivity contribution in [3.05, 3.63) is 0 Å². The molecule has 0 aromatic rings. The van der Waals surface area contributed by atoms with Gasteiger partial charge in [-0.25, -0.2) is 0 Å². The van der Waals surface area contributed by atoms with E-state index in [0.29, 0.717) is 17.6 Å². The molecule has 1 aliphatic rings. The second-order valence-electron chi connectivity index (χ2n) is 5.99. The second kappa shape index (κ2) is 6.09. The van der Waals surface area contributed by atoms with E-state index in [-0.39, 0.29) is 5.41 Å². The maximum atomic E-state index is 12.1. The maximum absolute atomic E-state index is 12.1. The van der Waals surface area contributed by atoms with Crippen LogP contribution >= 0.6 is 11.8 Å². The molecular weight excluding hydrogens is 216 g/mol. The Bertz CT molecular complexity index is 235. The van der Waals surface area contributed by atoms with Gasteiger partial charge < -0.3 is 0 Å². The first-order valence-corrected chi connectivity index (χ1v) is 7.88. The molecule has 1 rings (SSSR count). The molecule has 1 aliphatic carbocycles. The van der Waals surface area contributed by atoms with Crippen LogP contribution in [0.5, 0.6) is 0 Å². The number of thioether (sulfide) groups is 1.